The summed E-state index contributed by atoms with van der Waals surface area (Å²) in [5, 5.41) is 2.88. The summed E-state index contributed by atoms with van der Waals surface area (Å²) in [5.74, 6) is 0.581. The Labute approximate surface area is 99.2 Å². The molecule has 4 heteroatoms. The second-order valence-corrected chi connectivity index (χ2v) is 6.24. The van der Waals surface area contributed by atoms with Gasteiger partial charge in [0.05, 0.1) is 11.4 Å². The van der Waals surface area contributed by atoms with Gasteiger partial charge in [-0.1, -0.05) is 6.07 Å². The van der Waals surface area contributed by atoms with Crippen LogP contribution in [0, 0.1) is 0 Å². The number of nitrogens with one attached hydrogen (secondary N) is 1. The molecule has 1 heterocycles. The number of carbonyl (C=O) groups excluding carboxylic acids is 1. The topological polar surface area (TPSA) is 29.1 Å². The second-order valence-electron chi connectivity index (χ2n) is 4.11. The minimum absolute atomic E-state index is 0.0709. The zero-order chi connectivity index (χ0) is 11.1. The van der Waals surface area contributed by atoms with Crippen LogP contribution >= 0.6 is 24.4 Å². The highest BCUT2D eigenvalue weighted by Crippen LogP contribution is 2.36. The third-order valence-electron chi connectivity index (χ3n) is 2.32. The molecule has 1 aromatic rings. The number of anilines is 1. The van der Waals surface area contributed by atoms with E-state index in [0.717, 1.165) is 16.1 Å². The minimum Gasteiger partial charge on any atom is -0.324 e. The van der Waals surface area contributed by atoms with E-state index < -0.39 is 0 Å². The molecule has 1 amide bonds. The molecule has 0 atom stereocenters. The Hall–Kier alpha value is -0.610. The van der Waals surface area contributed by atoms with Crippen molar-refractivity contribution < 1.29 is 4.79 Å². The summed E-state index contributed by atoms with van der Waals surface area (Å²) in [6.07, 6.45) is 0. The maximum absolute atomic E-state index is 11.2. The lowest BCUT2D eigenvalue weighted by molar-refractivity contribution is -0.113. The maximum Gasteiger partial charge on any atom is 0.234 e. The van der Waals surface area contributed by atoms with E-state index in [-0.39, 0.29) is 10.7 Å². The SMILES string of the molecule is CC(C)(S)c1ccc2c(c1)NC(=O)CS2. The quantitative estimate of drug-likeness (QED) is 0.738. The number of amides is 1. The van der Waals surface area contributed by atoms with E-state index >= 15 is 0 Å². The summed E-state index contributed by atoms with van der Waals surface area (Å²) in [4.78, 5) is 12.4. The molecule has 1 aliphatic rings. The highest BCUT2D eigenvalue weighted by molar-refractivity contribution is 8.00. The van der Waals surface area contributed by atoms with E-state index in [0.29, 0.717) is 5.75 Å². The molecule has 0 aromatic heterocycles. The third-order valence-corrected chi connectivity index (χ3v) is 3.65. The van der Waals surface area contributed by atoms with Gasteiger partial charge in [0.15, 0.2) is 0 Å². The minimum atomic E-state index is -0.179. The van der Waals surface area contributed by atoms with Crippen LogP contribution in [-0.2, 0) is 9.54 Å². The lowest BCUT2D eigenvalue weighted by atomic mass is 10.0. The zero-order valence-corrected chi connectivity index (χ0v) is 10.4. The second kappa shape index (κ2) is 3.76. The monoisotopic (exact) mass is 239 g/mol. The van der Waals surface area contributed by atoms with Crippen LogP contribution < -0.4 is 5.32 Å². The summed E-state index contributed by atoms with van der Waals surface area (Å²) < 4.78 is -0.179. The van der Waals surface area contributed by atoms with E-state index in [2.05, 4.69) is 24.0 Å². The molecule has 1 aliphatic heterocycles. The molecule has 0 bridgehead atoms. The van der Waals surface area contributed by atoms with Gasteiger partial charge in [-0.15, -0.1) is 11.8 Å². The van der Waals surface area contributed by atoms with Crippen LogP contribution in [0.15, 0.2) is 23.1 Å². The molecular weight excluding hydrogens is 226 g/mol. The predicted octanol–water partition coefficient (Wildman–Crippen LogP) is 2.90. The van der Waals surface area contributed by atoms with Gasteiger partial charge in [0.2, 0.25) is 5.91 Å². The van der Waals surface area contributed by atoms with Crippen molar-refractivity contribution in [2.24, 2.45) is 0 Å². The Morgan fingerprint density at radius 2 is 2.20 bits per heavy atom. The molecule has 1 aromatic carbocycles. The van der Waals surface area contributed by atoms with Crippen LogP contribution in [0.1, 0.15) is 19.4 Å². The van der Waals surface area contributed by atoms with E-state index in [4.69, 9.17) is 0 Å². The number of hydrogen-bond acceptors (Lipinski definition) is 3. The Morgan fingerprint density at radius 3 is 2.87 bits per heavy atom. The smallest absolute Gasteiger partial charge is 0.234 e. The number of carbonyl (C=O) groups is 1. The molecular formula is C11H13NOS2. The van der Waals surface area contributed by atoms with Gasteiger partial charge in [0, 0.05) is 9.64 Å². The van der Waals surface area contributed by atoms with Gasteiger partial charge < -0.3 is 5.32 Å². The fourth-order valence-electron chi connectivity index (χ4n) is 1.46. The van der Waals surface area contributed by atoms with Gasteiger partial charge in [-0.3, -0.25) is 4.79 Å². The van der Waals surface area contributed by atoms with Gasteiger partial charge in [-0.25, -0.2) is 0 Å². The molecule has 1 N–H and O–H groups in total. The van der Waals surface area contributed by atoms with E-state index in [9.17, 15) is 4.79 Å². The number of thioether (sulfide) groups is 1. The fraction of sp³-hybridized carbons (Fsp3) is 0.364. The molecule has 0 spiro atoms. The molecule has 15 heavy (non-hydrogen) atoms. The van der Waals surface area contributed by atoms with E-state index in [1.807, 2.05) is 26.0 Å². The molecule has 80 valence electrons. The van der Waals surface area contributed by atoms with Crippen molar-refractivity contribution in [2.75, 3.05) is 11.1 Å². The molecule has 0 aliphatic carbocycles. The van der Waals surface area contributed by atoms with Crippen LogP contribution in [0.5, 0.6) is 0 Å². The first kappa shape index (κ1) is 10.9. The molecule has 0 saturated heterocycles. The van der Waals surface area contributed by atoms with Crippen LogP contribution in [-0.4, -0.2) is 11.7 Å². The van der Waals surface area contributed by atoms with Gasteiger partial charge in [-0.2, -0.15) is 12.6 Å². The van der Waals surface area contributed by atoms with Crippen LogP contribution in [0.3, 0.4) is 0 Å². The van der Waals surface area contributed by atoms with Crippen molar-refractivity contribution in [1.29, 1.82) is 0 Å². The lowest BCUT2D eigenvalue weighted by Crippen LogP contribution is -2.19. The lowest BCUT2D eigenvalue weighted by Gasteiger charge is -2.22. The Kier molecular flexibility index (Phi) is 2.73. The first-order valence-electron chi connectivity index (χ1n) is 4.76. The average Bonchev–Trinajstić information content (AvgIpc) is 2.15. The fourth-order valence-corrected chi connectivity index (χ4v) is 2.39. The van der Waals surface area contributed by atoms with Crippen molar-refractivity contribution in [3.05, 3.63) is 23.8 Å². The average molecular weight is 239 g/mol. The molecule has 2 rings (SSSR count). The Morgan fingerprint density at radius 1 is 1.47 bits per heavy atom. The van der Waals surface area contributed by atoms with Crippen molar-refractivity contribution >= 4 is 36.0 Å². The van der Waals surface area contributed by atoms with E-state index in [1.165, 1.54) is 0 Å². The first-order chi connectivity index (χ1) is 6.97. The summed E-state index contributed by atoms with van der Waals surface area (Å²) in [7, 11) is 0. The highest BCUT2D eigenvalue weighted by atomic mass is 32.2. The summed E-state index contributed by atoms with van der Waals surface area (Å²) in [6, 6.07) is 6.12. The summed E-state index contributed by atoms with van der Waals surface area (Å²) >= 11 is 6.09. The number of benzene rings is 1. The number of rotatable bonds is 1. The van der Waals surface area contributed by atoms with E-state index in [1.54, 1.807) is 11.8 Å². The molecule has 0 fully saturated rings. The molecule has 0 unspecified atom stereocenters. The van der Waals surface area contributed by atoms with Crippen molar-refractivity contribution in [1.82, 2.24) is 0 Å². The maximum atomic E-state index is 11.2. The largest absolute Gasteiger partial charge is 0.324 e. The zero-order valence-electron chi connectivity index (χ0n) is 8.70. The molecule has 2 nitrogen and oxygen atoms in total. The van der Waals surface area contributed by atoms with Gasteiger partial charge in [0.25, 0.3) is 0 Å². The standard InChI is InChI=1S/C11H13NOS2/c1-11(2,14)7-3-4-9-8(5-7)12-10(13)6-15-9/h3-5,14H,6H2,1-2H3,(H,12,13). The van der Waals surface area contributed by atoms with Gasteiger partial charge in [-0.05, 0) is 31.5 Å². The van der Waals surface area contributed by atoms with Gasteiger partial charge >= 0.3 is 0 Å². The predicted molar refractivity (Wildman–Crippen MR) is 67.8 cm³/mol. The van der Waals surface area contributed by atoms with Crippen LogP contribution in [0.4, 0.5) is 5.69 Å². The van der Waals surface area contributed by atoms with Gasteiger partial charge in [0.1, 0.15) is 0 Å². The van der Waals surface area contributed by atoms with Crippen molar-refractivity contribution in [2.45, 2.75) is 23.5 Å². The van der Waals surface area contributed by atoms with Crippen LogP contribution in [0.2, 0.25) is 0 Å². The summed E-state index contributed by atoms with van der Waals surface area (Å²) in [5.41, 5.74) is 2.03. The number of hydrogen-bond donors (Lipinski definition) is 2. The van der Waals surface area contributed by atoms with Crippen LogP contribution in [0.25, 0.3) is 0 Å². The van der Waals surface area contributed by atoms with Crippen molar-refractivity contribution in [3.8, 4) is 0 Å². The summed E-state index contributed by atoms with van der Waals surface area (Å²) in [6.45, 7) is 4.07. The Balaban J connectivity index is 2.41. The number of thiol groups is 1. The number of fused-ring (bicyclic) bond motifs is 1. The normalized spacial score (nSPS) is 15.8. The molecule has 0 saturated carbocycles. The van der Waals surface area contributed by atoms with Crippen molar-refractivity contribution in [3.63, 3.8) is 0 Å². The Bertz CT molecular complexity index is 410. The molecule has 0 radical (unpaired) electrons. The highest BCUT2D eigenvalue weighted by Gasteiger charge is 2.20. The third kappa shape index (κ3) is 2.32. The first-order valence-corrected chi connectivity index (χ1v) is 6.19.